The first-order valence-corrected chi connectivity index (χ1v) is 7.02. The fourth-order valence-corrected chi connectivity index (χ4v) is 2.24. The molecule has 0 radical (unpaired) electrons. The summed E-state index contributed by atoms with van der Waals surface area (Å²) in [7, 11) is -3.34. The maximum Gasteiger partial charge on any atom is 0.211 e. The number of primary sulfonamides is 1. The number of nitrogens with two attached hydrogens (primary N) is 1. The van der Waals surface area contributed by atoms with Crippen LogP contribution in [0.3, 0.4) is 0 Å². The quantitative estimate of drug-likeness (QED) is 0.670. The molecule has 3 nitrogen and oxygen atoms in total. The van der Waals surface area contributed by atoms with Crippen LogP contribution in [0.25, 0.3) is 0 Å². The van der Waals surface area contributed by atoms with E-state index in [1.54, 1.807) is 6.92 Å². The summed E-state index contributed by atoms with van der Waals surface area (Å²) in [6.45, 7) is 5.82. The van der Waals surface area contributed by atoms with Crippen molar-refractivity contribution in [1.82, 2.24) is 0 Å². The van der Waals surface area contributed by atoms with E-state index in [4.69, 9.17) is 5.14 Å². The molecule has 0 aromatic heterocycles. The molecular weight excluding hydrogens is 198 g/mol. The Morgan fingerprint density at radius 1 is 1.14 bits per heavy atom. The fraction of sp³-hybridized carbons (Fsp3) is 1.00. The van der Waals surface area contributed by atoms with Gasteiger partial charge in [0.15, 0.2) is 0 Å². The average Bonchev–Trinajstić information content (AvgIpc) is 2.09. The van der Waals surface area contributed by atoms with Crippen LogP contribution in [0.1, 0.15) is 52.9 Å². The average molecular weight is 221 g/mol. The first-order chi connectivity index (χ1) is 6.39. The molecule has 14 heavy (non-hydrogen) atoms. The van der Waals surface area contributed by atoms with Gasteiger partial charge in [-0.1, -0.05) is 39.5 Å². The van der Waals surface area contributed by atoms with Gasteiger partial charge in [-0.05, 0) is 19.3 Å². The van der Waals surface area contributed by atoms with E-state index in [2.05, 4.69) is 6.92 Å². The van der Waals surface area contributed by atoms with Gasteiger partial charge in [0.05, 0.1) is 5.25 Å². The number of rotatable bonds is 7. The van der Waals surface area contributed by atoms with E-state index in [1.807, 2.05) is 6.92 Å². The lowest BCUT2D eigenvalue weighted by molar-refractivity contribution is 0.465. The molecule has 2 atom stereocenters. The second-order valence-corrected chi connectivity index (χ2v) is 6.04. The van der Waals surface area contributed by atoms with Crippen LogP contribution in [-0.4, -0.2) is 13.7 Å². The molecular formula is C10H23NO2S. The molecule has 0 aliphatic rings. The van der Waals surface area contributed by atoms with Gasteiger partial charge in [-0.2, -0.15) is 0 Å². The van der Waals surface area contributed by atoms with Crippen LogP contribution in [0.2, 0.25) is 0 Å². The van der Waals surface area contributed by atoms with Crippen molar-refractivity contribution < 1.29 is 8.42 Å². The van der Waals surface area contributed by atoms with Crippen molar-refractivity contribution in [2.45, 2.75) is 58.1 Å². The first-order valence-electron chi connectivity index (χ1n) is 5.41. The summed E-state index contributed by atoms with van der Waals surface area (Å²) in [5, 5.41) is 4.67. The highest BCUT2D eigenvalue weighted by Gasteiger charge is 2.21. The molecule has 0 bridgehead atoms. The SMILES string of the molecule is CCCCCCC(C)C(C)S(N)(=O)=O. The van der Waals surface area contributed by atoms with Crippen molar-refractivity contribution in [3.8, 4) is 0 Å². The van der Waals surface area contributed by atoms with Crippen molar-refractivity contribution in [2.75, 3.05) is 0 Å². The summed E-state index contributed by atoms with van der Waals surface area (Å²) in [6.07, 6.45) is 5.69. The Labute approximate surface area is 88.1 Å². The molecule has 0 aromatic carbocycles. The predicted molar refractivity (Wildman–Crippen MR) is 60.5 cm³/mol. The topological polar surface area (TPSA) is 60.2 Å². The third-order valence-corrected chi connectivity index (χ3v) is 4.33. The number of unbranched alkanes of at least 4 members (excludes halogenated alkanes) is 3. The van der Waals surface area contributed by atoms with Crippen molar-refractivity contribution >= 4 is 10.0 Å². The smallest absolute Gasteiger partial charge is 0.211 e. The van der Waals surface area contributed by atoms with Crippen LogP contribution in [0.5, 0.6) is 0 Å². The van der Waals surface area contributed by atoms with Gasteiger partial charge in [-0.3, -0.25) is 0 Å². The molecule has 0 aliphatic heterocycles. The van der Waals surface area contributed by atoms with Crippen LogP contribution in [-0.2, 0) is 10.0 Å². The van der Waals surface area contributed by atoms with E-state index in [1.165, 1.54) is 19.3 Å². The molecule has 0 spiro atoms. The first kappa shape index (κ1) is 13.9. The minimum Gasteiger partial charge on any atom is -0.228 e. The summed E-state index contributed by atoms with van der Waals surface area (Å²) in [6, 6.07) is 0. The summed E-state index contributed by atoms with van der Waals surface area (Å²) in [4.78, 5) is 0. The van der Waals surface area contributed by atoms with E-state index in [0.29, 0.717) is 0 Å². The van der Waals surface area contributed by atoms with Crippen molar-refractivity contribution in [1.29, 1.82) is 0 Å². The largest absolute Gasteiger partial charge is 0.228 e. The lowest BCUT2D eigenvalue weighted by Crippen LogP contribution is -2.31. The summed E-state index contributed by atoms with van der Waals surface area (Å²) in [5.41, 5.74) is 0. The number of sulfonamides is 1. The van der Waals surface area contributed by atoms with Crippen molar-refractivity contribution in [3.05, 3.63) is 0 Å². The van der Waals surface area contributed by atoms with Gasteiger partial charge >= 0.3 is 0 Å². The maximum absolute atomic E-state index is 11.0. The lowest BCUT2D eigenvalue weighted by Gasteiger charge is -2.17. The minimum absolute atomic E-state index is 0.168. The highest BCUT2D eigenvalue weighted by atomic mass is 32.2. The van der Waals surface area contributed by atoms with E-state index in [0.717, 1.165) is 12.8 Å². The molecule has 0 aromatic rings. The van der Waals surface area contributed by atoms with Gasteiger partial charge in [-0.15, -0.1) is 0 Å². The predicted octanol–water partition coefficient (Wildman–Crippen LogP) is 2.27. The molecule has 0 saturated carbocycles. The van der Waals surface area contributed by atoms with E-state index in [-0.39, 0.29) is 5.92 Å². The molecule has 2 N–H and O–H groups in total. The van der Waals surface area contributed by atoms with Gasteiger partial charge in [0, 0.05) is 0 Å². The zero-order chi connectivity index (χ0) is 11.2. The third-order valence-electron chi connectivity index (χ3n) is 2.83. The van der Waals surface area contributed by atoms with Crippen LogP contribution in [0.15, 0.2) is 0 Å². The van der Waals surface area contributed by atoms with Gasteiger partial charge in [-0.25, -0.2) is 13.6 Å². The molecule has 0 amide bonds. The molecule has 0 rings (SSSR count). The summed E-state index contributed by atoms with van der Waals surface area (Å²) in [5.74, 6) is 0.168. The molecule has 0 fully saturated rings. The number of hydrogen-bond donors (Lipinski definition) is 1. The Morgan fingerprint density at radius 2 is 1.71 bits per heavy atom. The van der Waals surface area contributed by atoms with Crippen molar-refractivity contribution in [2.24, 2.45) is 11.1 Å². The highest BCUT2D eigenvalue weighted by Crippen LogP contribution is 2.17. The maximum atomic E-state index is 11.0. The highest BCUT2D eigenvalue weighted by molar-refractivity contribution is 7.89. The fourth-order valence-electron chi connectivity index (χ4n) is 1.45. The minimum atomic E-state index is -3.34. The van der Waals surface area contributed by atoms with Crippen LogP contribution >= 0.6 is 0 Å². The Hall–Kier alpha value is -0.0900. The van der Waals surface area contributed by atoms with Gasteiger partial charge in [0.1, 0.15) is 0 Å². The Kier molecular flexibility index (Phi) is 6.36. The van der Waals surface area contributed by atoms with E-state index < -0.39 is 15.3 Å². The summed E-state index contributed by atoms with van der Waals surface area (Å²) >= 11 is 0. The molecule has 0 heterocycles. The molecule has 0 saturated heterocycles. The van der Waals surface area contributed by atoms with Crippen LogP contribution in [0, 0.1) is 5.92 Å². The molecule has 2 unspecified atom stereocenters. The standard InChI is InChI=1S/C10H23NO2S/c1-4-5-6-7-8-9(2)10(3)14(11,12)13/h9-10H,4-8H2,1-3H3,(H2,11,12,13). The van der Waals surface area contributed by atoms with E-state index in [9.17, 15) is 8.42 Å². The zero-order valence-electron chi connectivity index (χ0n) is 9.49. The van der Waals surface area contributed by atoms with E-state index >= 15 is 0 Å². The zero-order valence-corrected chi connectivity index (χ0v) is 10.3. The van der Waals surface area contributed by atoms with Gasteiger partial charge in [0.2, 0.25) is 10.0 Å². The van der Waals surface area contributed by atoms with Gasteiger partial charge < -0.3 is 0 Å². The second kappa shape index (κ2) is 6.40. The monoisotopic (exact) mass is 221 g/mol. The van der Waals surface area contributed by atoms with Crippen molar-refractivity contribution in [3.63, 3.8) is 0 Å². The van der Waals surface area contributed by atoms with Crippen LogP contribution < -0.4 is 5.14 Å². The normalized spacial score (nSPS) is 16.6. The molecule has 86 valence electrons. The summed E-state index contributed by atoms with van der Waals surface area (Å²) < 4.78 is 22.1. The Balaban J connectivity index is 3.79. The Morgan fingerprint density at radius 3 is 2.14 bits per heavy atom. The molecule has 0 aliphatic carbocycles. The van der Waals surface area contributed by atoms with Crippen LogP contribution in [0.4, 0.5) is 0 Å². The Bertz CT molecular complexity index is 237. The lowest BCUT2D eigenvalue weighted by atomic mass is 10.00. The van der Waals surface area contributed by atoms with Gasteiger partial charge in [0.25, 0.3) is 0 Å². The third kappa shape index (κ3) is 5.60. The second-order valence-electron chi connectivity index (χ2n) is 4.12. The molecule has 4 heteroatoms. The number of hydrogen-bond acceptors (Lipinski definition) is 2.